The second-order valence-electron chi connectivity index (χ2n) is 7.31. The molecule has 3 rings (SSSR count). The summed E-state index contributed by atoms with van der Waals surface area (Å²) in [7, 11) is 1.67. The highest BCUT2D eigenvalue weighted by molar-refractivity contribution is 5.94. The van der Waals surface area contributed by atoms with Gasteiger partial charge in [0.1, 0.15) is 0 Å². The summed E-state index contributed by atoms with van der Waals surface area (Å²) in [5.74, 6) is 2.25. The Labute approximate surface area is 184 Å². The van der Waals surface area contributed by atoms with E-state index >= 15 is 0 Å². The summed E-state index contributed by atoms with van der Waals surface area (Å²) in [6.45, 7) is 6.68. The maximum Gasteiger partial charge on any atom is 0.196 e. The predicted octanol–water partition coefficient (Wildman–Crippen LogP) is 3.77. The van der Waals surface area contributed by atoms with Crippen LogP contribution in [0.1, 0.15) is 24.0 Å². The third-order valence-corrected chi connectivity index (χ3v) is 4.87. The van der Waals surface area contributed by atoms with Crippen molar-refractivity contribution in [2.45, 2.75) is 26.3 Å². The number of anilines is 1. The molecule has 31 heavy (non-hydrogen) atoms. The molecule has 1 heterocycles. The Morgan fingerprint density at radius 1 is 1.03 bits per heavy atom. The summed E-state index contributed by atoms with van der Waals surface area (Å²) in [6.07, 6.45) is 1.75. The number of hydrogen-bond donors (Lipinski definition) is 2. The van der Waals surface area contributed by atoms with Crippen LogP contribution in [0.25, 0.3) is 0 Å². The normalized spacial score (nSPS) is 13.5. The summed E-state index contributed by atoms with van der Waals surface area (Å²) < 4.78 is 22.1. The van der Waals surface area contributed by atoms with Crippen LogP contribution in [0.2, 0.25) is 0 Å². The smallest absolute Gasteiger partial charge is 0.196 e. The molecular weight excluding hydrogens is 394 g/mol. The summed E-state index contributed by atoms with van der Waals surface area (Å²) in [4.78, 5) is 4.79. The van der Waals surface area contributed by atoms with E-state index in [-0.39, 0.29) is 0 Å². The standard InChI is InChI=1S/C24H33N3O4/c1-19-7-3-4-8-20(19)18-26-24(25-11-5-12-29-16-15-28-2)27-21-9-10-22-23(17-21)31-14-6-13-30-22/h3-4,7-10,17H,5-6,11-16,18H2,1-2H3,(H2,25,26,27). The van der Waals surface area contributed by atoms with E-state index in [1.807, 2.05) is 30.3 Å². The number of aliphatic imine (C=N–C) groups is 1. The minimum absolute atomic E-state index is 0.594. The number of methoxy groups -OCH3 is 1. The van der Waals surface area contributed by atoms with E-state index < -0.39 is 0 Å². The fourth-order valence-corrected chi connectivity index (χ4v) is 3.09. The first kappa shape index (κ1) is 22.9. The third-order valence-electron chi connectivity index (χ3n) is 4.87. The number of benzene rings is 2. The Hall–Kier alpha value is -2.77. The predicted molar refractivity (Wildman–Crippen MR) is 123 cm³/mol. The number of fused-ring (bicyclic) bond motifs is 1. The first-order valence-corrected chi connectivity index (χ1v) is 10.8. The molecule has 0 aliphatic carbocycles. The van der Waals surface area contributed by atoms with E-state index in [9.17, 15) is 0 Å². The molecule has 168 valence electrons. The minimum Gasteiger partial charge on any atom is -0.490 e. The van der Waals surface area contributed by atoms with Crippen LogP contribution in [0, 0.1) is 6.92 Å². The summed E-state index contributed by atoms with van der Waals surface area (Å²) in [5.41, 5.74) is 3.33. The summed E-state index contributed by atoms with van der Waals surface area (Å²) in [6, 6.07) is 14.2. The number of aryl methyl sites for hydroxylation is 1. The van der Waals surface area contributed by atoms with Gasteiger partial charge >= 0.3 is 0 Å². The van der Waals surface area contributed by atoms with Gasteiger partial charge in [-0.2, -0.15) is 0 Å². The highest BCUT2D eigenvalue weighted by atomic mass is 16.5. The lowest BCUT2D eigenvalue weighted by atomic mass is 10.1. The first-order chi connectivity index (χ1) is 15.3. The molecule has 0 fully saturated rings. The van der Waals surface area contributed by atoms with Gasteiger partial charge in [-0.15, -0.1) is 0 Å². The second kappa shape index (κ2) is 12.8. The van der Waals surface area contributed by atoms with Gasteiger partial charge in [0.2, 0.25) is 0 Å². The molecule has 7 heteroatoms. The van der Waals surface area contributed by atoms with E-state index in [0.29, 0.717) is 39.6 Å². The van der Waals surface area contributed by atoms with Gasteiger partial charge in [0.25, 0.3) is 0 Å². The molecule has 0 spiro atoms. The molecular formula is C24H33N3O4. The van der Waals surface area contributed by atoms with Crippen molar-refractivity contribution in [1.82, 2.24) is 5.32 Å². The Bertz CT molecular complexity index is 841. The van der Waals surface area contributed by atoms with Crippen molar-refractivity contribution in [3.05, 3.63) is 53.6 Å². The average Bonchev–Trinajstić information content (AvgIpc) is 3.02. The second-order valence-corrected chi connectivity index (χ2v) is 7.31. The highest BCUT2D eigenvalue weighted by Gasteiger charge is 2.11. The maximum atomic E-state index is 5.81. The number of nitrogens with zero attached hydrogens (tertiary/aromatic N) is 1. The zero-order valence-corrected chi connectivity index (χ0v) is 18.5. The average molecular weight is 428 g/mol. The van der Waals surface area contributed by atoms with Gasteiger partial charge < -0.3 is 29.6 Å². The van der Waals surface area contributed by atoms with Gasteiger partial charge in [-0.1, -0.05) is 24.3 Å². The number of rotatable bonds is 10. The zero-order chi connectivity index (χ0) is 21.7. The van der Waals surface area contributed by atoms with Crippen molar-refractivity contribution in [3.63, 3.8) is 0 Å². The van der Waals surface area contributed by atoms with Crippen LogP contribution in [0.3, 0.4) is 0 Å². The molecule has 2 N–H and O–H groups in total. The third kappa shape index (κ3) is 7.77. The molecule has 0 atom stereocenters. The molecule has 0 bridgehead atoms. The quantitative estimate of drug-likeness (QED) is 0.342. The molecule has 1 aliphatic heterocycles. The Morgan fingerprint density at radius 2 is 1.87 bits per heavy atom. The van der Waals surface area contributed by atoms with Crippen molar-refractivity contribution in [2.24, 2.45) is 4.99 Å². The van der Waals surface area contributed by atoms with Crippen LogP contribution in [0.5, 0.6) is 11.5 Å². The number of nitrogens with one attached hydrogen (secondary N) is 2. The fourth-order valence-electron chi connectivity index (χ4n) is 3.09. The lowest BCUT2D eigenvalue weighted by Crippen LogP contribution is -2.32. The molecule has 0 saturated carbocycles. The topological polar surface area (TPSA) is 73.3 Å². The van der Waals surface area contributed by atoms with Gasteiger partial charge in [0, 0.05) is 38.4 Å². The number of guanidine groups is 1. The van der Waals surface area contributed by atoms with Crippen molar-refractivity contribution in [1.29, 1.82) is 0 Å². The van der Waals surface area contributed by atoms with E-state index in [2.05, 4.69) is 29.7 Å². The number of ether oxygens (including phenoxy) is 4. The van der Waals surface area contributed by atoms with Crippen molar-refractivity contribution < 1.29 is 18.9 Å². The van der Waals surface area contributed by atoms with Gasteiger partial charge in [-0.3, -0.25) is 0 Å². The van der Waals surface area contributed by atoms with Gasteiger partial charge in [-0.05, 0) is 36.6 Å². The van der Waals surface area contributed by atoms with Crippen LogP contribution < -0.4 is 20.1 Å². The largest absolute Gasteiger partial charge is 0.490 e. The van der Waals surface area contributed by atoms with Gasteiger partial charge in [0.05, 0.1) is 33.0 Å². The Balaban J connectivity index is 1.63. The van der Waals surface area contributed by atoms with E-state index in [4.69, 9.17) is 23.9 Å². The molecule has 0 amide bonds. The van der Waals surface area contributed by atoms with Crippen LogP contribution >= 0.6 is 0 Å². The molecule has 7 nitrogen and oxygen atoms in total. The molecule has 0 aromatic heterocycles. The maximum absolute atomic E-state index is 5.81. The zero-order valence-electron chi connectivity index (χ0n) is 18.5. The lowest BCUT2D eigenvalue weighted by molar-refractivity contribution is 0.0699. The molecule has 0 saturated heterocycles. The first-order valence-electron chi connectivity index (χ1n) is 10.8. The van der Waals surface area contributed by atoms with Crippen LogP contribution in [0.4, 0.5) is 5.69 Å². The minimum atomic E-state index is 0.594. The highest BCUT2D eigenvalue weighted by Crippen LogP contribution is 2.32. The van der Waals surface area contributed by atoms with Crippen molar-refractivity contribution >= 4 is 11.6 Å². The van der Waals surface area contributed by atoms with E-state index in [1.165, 1.54) is 11.1 Å². The van der Waals surface area contributed by atoms with Gasteiger partial charge in [-0.25, -0.2) is 4.99 Å². The van der Waals surface area contributed by atoms with Gasteiger partial charge in [0.15, 0.2) is 17.5 Å². The number of hydrogen-bond acceptors (Lipinski definition) is 5. The van der Waals surface area contributed by atoms with Crippen LogP contribution in [-0.4, -0.2) is 52.6 Å². The van der Waals surface area contributed by atoms with Crippen molar-refractivity contribution in [3.8, 4) is 11.5 Å². The SMILES string of the molecule is COCCOCCCNC(=NCc1ccccc1C)Nc1ccc2c(c1)OCCCO2. The molecule has 0 unspecified atom stereocenters. The molecule has 0 radical (unpaired) electrons. The van der Waals surface area contributed by atoms with Crippen LogP contribution in [-0.2, 0) is 16.0 Å². The Kier molecular flexibility index (Phi) is 9.47. The molecule has 2 aromatic carbocycles. The van der Waals surface area contributed by atoms with Crippen LogP contribution in [0.15, 0.2) is 47.5 Å². The molecule has 2 aromatic rings. The Morgan fingerprint density at radius 3 is 2.71 bits per heavy atom. The lowest BCUT2D eigenvalue weighted by Gasteiger charge is -2.15. The molecule has 1 aliphatic rings. The summed E-state index contributed by atoms with van der Waals surface area (Å²) >= 11 is 0. The monoisotopic (exact) mass is 427 g/mol. The van der Waals surface area contributed by atoms with E-state index in [0.717, 1.165) is 42.5 Å². The van der Waals surface area contributed by atoms with E-state index in [1.54, 1.807) is 7.11 Å². The fraction of sp³-hybridized carbons (Fsp3) is 0.458. The van der Waals surface area contributed by atoms with Crippen molar-refractivity contribution in [2.75, 3.05) is 52.0 Å². The summed E-state index contributed by atoms with van der Waals surface area (Å²) in [5, 5.41) is 6.79.